The lowest BCUT2D eigenvalue weighted by Crippen LogP contribution is -2.44. The van der Waals surface area contributed by atoms with Gasteiger partial charge in [-0.05, 0) is 55.0 Å². The molecule has 2 aliphatic rings. The number of piperidine rings is 1. The first kappa shape index (κ1) is 19.9. The van der Waals surface area contributed by atoms with Crippen LogP contribution in [0.2, 0.25) is 5.02 Å². The van der Waals surface area contributed by atoms with Gasteiger partial charge in [-0.2, -0.15) is 0 Å². The lowest BCUT2D eigenvalue weighted by atomic mass is 9.75. The van der Waals surface area contributed by atoms with Crippen LogP contribution < -0.4 is 5.32 Å². The molecule has 1 saturated carbocycles. The van der Waals surface area contributed by atoms with Gasteiger partial charge in [-0.25, -0.2) is 4.39 Å². The van der Waals surface area contributed by atoms with Crippen molar-refractivity contribution in [1.82, 2.24) is 4.90 Å². The van der Waals surface area contributed by atoms with E-state index in [-0.39, 0.29) is 16.5 Å². The van der Waals surface area contributed by atoms with E-state index < -0.39 is 11.7 Å². The zero-order valence-electron chi connectivity index (χ0n) is 16.2. The molecule has 2 aromatic carbocycles. The molecule has 0 bridgehead atoms. The zero-order valence-corrected chi connectivity index (χ0v) is 16.9. The van der Waals surface area contributed by atoms with Crippen molar-refractivity contribution in [3.63, 3.8) is 0 Å². The average Bonchev–Trinajstić information content (AvgIpc) is 2.73. The van der Waals surface area contributed by atoms with Crippen LogP contribution in [0.25, 0.3) is 0 Å². The van der Waals surface area contributed by atoms with Gasteiger partial charge in [0.1, 0.15) is 5.82 Å². The van der Waals surface area contributed by atoms with Gasteiger partial charge >= 0.3 is 0 Å². The molecule has 1 saturated heterocycles. The van der Waals surface area contributed by atoms with Gasteiger partial charge in [0, 0.05) is 18.8 Å². The molecule has 4 nitrogen and oxygen atoms in total. The van der Waals surface area contributed by atoms with E-state index in [1.807, 2.05) is 4.90 Å². The fourth-order valence-electron chi connectivity index (χ4n) is 4.57. The Hall–Kier alpha value is -2.40. The van der Waals surface area contributed by atoms with Crippen LogP contribution in [-0.2, 0) is 0 Å². The minimum absolute atomic E-state index is 0.0425. The van der Waals surface area contributed by atoms with Gasteiger partial charge in [-0.15, -0.1) is 0 Å². The molecule has 4 rings (SSSR count). The number of nitrogens with one attached hydrogen (secondary N) is 1. The summed E-state index contributed by atoms with van der Waals surface area (Å²) in [4.78, 5) is 27.2. The lowest BCUT2D eigenvalue weighted by Gasteiger charge is -2.41. The molecule has 0 aromatic heterocycles. The number of anilines is 1. The number of likely N-dealkylation sites (tertiary alicyclic amines) is 1. The van der Waals surface area contributed by atoms with Crippen LogP contribution in [0.15, 0.2) is 42.5 Å². The number of rotatable bonds is 3. The minimum atomic E-state index is -0.589. The van der Waals surface area contributed by atoms with Gasteiger partial charge in [-0.1, -0.05) is 43.0 Å². The van der Waals surface area contributed by atoms with Gasteiger partial charge in [-0.3, -0.25) is 9.59 Å². The van der Waals surface area contributed by atoms with E-state index in [0.717, 1.165) is 25.4 Å². The predicted octanol–water partition coefficient (Wildman–Crippen LogP) is 5.38. The van der Waals surface area contributed by atoms with Crippen molar-refractivity contribution in [2.24, 2.45) is 11.8 Å². The number of hydrogen-bond acceptors (Lipinski definition) is 2. The Kier molecular flexibility index (Phi) is 5.86. The fraction of sp³-hybridized carbons (Fsp3) is 0.391. The molecule has 1 N–H and O–H groups in total. The second-order valence-corrected chi connectivity index (χ2v) is 8.38. The fourth-order valence-corrected chi connectivity index (χ4v) is 4.83. The first-order chi connectivity index (χ1) is 14.0. The maximum Gasteiger partial charge on any atom is 0.258 e. The van der Waals surface area contributed by atoms with Crippen LogP contribution >= 0.6 is 11.6 Å². The highest BCUT2D eigenvalue weighted by Crippen LogP contribution is 2.36. The van der Waals surface area contributed by atoms with Gasteiger partial charge < -0.3 is 10.2 Å². The summed E-state index contributed by atoms with van der Waals surface area (Å²) in [6, 6.07) is 10.6. The van der Waals surface area contributed by atoms with E-state index in [4.69, 9.17) is 11.6 Å². The van der Waals surface area contributed by atoms with Crippen LogP contribution in [-0.4, -0.2) is 29.8 Å². The number of carbonyl (C=O) groups excluding carboxylic acids is 2. The molecule has 152 valence electrons. The normalized spacial score (nSPS) is 21.4. The summed E-state index contributed by atoms with van der Waals surface area (Å²) in [7, 11) is 0. The molecule has 1 aliphatic heterocycles. The standard InChI is InChI=1S/C23H24ClFN2O2/c24-20-13-17(26-22(28)19-7-3-4-8-21(19)25)9-10-18(20)23(29)27-12-11-15-5-1-2-6-16(15)14-27/h3-4,7-10,13,15-16H,1-2,5-6,11-12,14H2,(H,26,28)/t15-,16+/m1/s1. The predicted molar refractivity (Wildman–Crippen MR) is 112 cm³/mol. The van der Waals surface area contributed by atoms with Gasteiger partial charge in [0.15, 0.2) is 0 Å². The third-order valence-electron chi connectivity index (χ3n) is 6.15. The first-order valence-corrected chi connectivity index (χ1v) is 10.6. The molecule has 29 heavy (non-hydrogen) atoms. The molecule has 6 heteroatoms. The van der Waals surface area contributed by atoms with E-state index in [1.54, 1.807) is 24.3 Å². The third-order valence-corrected chi connectivity index (χ3v) is 6.47. The van der Waals surface area contributed by atoms with E-state index in [9.17, 15) is 14.0 Å². The Morgan fingerprint density at radius 1 is 1.00 bits per heavy atom. The molecule has 2 atom stereocenters. The number of halogens is 2. The summed E-state index contributed by atoms with van der Waals surface area (Å²) in [6.45, 7) is 1.56. The average molecular weight is 415 g/mol. The first-order valence-electron chi connectivity index (χ1n) is 10.2. The molecule has 2 aromatic rings. The Morgan fingerprint density at radius 3 is 2.52 bits per heavy atom. The van der Waals surface area contributed by atoms with Gasteiger partial charge in [0.25, 0.3) is 11.8 Å². The molecule has 1 heterocycles. The van der Waals surface area contributed by atoms with E-state index in [2.05, 4.69) is 5.32 Å². The minimum Gasteiger partial charge on any atom is -0.338 e. The Labute approximate surface area is 175 Å². The second-order valence-electron chi connectivity index (χ2n) is 7.97. The zero-order chi connectivity index (χ0) is 20.4. The number of benzene rings is 2. The molecule has 1 aliphatic carbocycles. The van der Waals surface area contributed by atoms with Crippen molar-refractivity contribution < 1.29 is 14.0 Å². The lowest BCUT2D eigenvalue weighted by molar-refractivity contribution is 0.0521. The maximum atomic E-state index is 13.8. The second kappa shape index (κ2) is 8.54. The van der Waals surface area contributed by atoms with E-state index in [1.165, 1.54) is 43.9 Å². The Balaban J connectivity index is 1.45. The molecule has 2 amide bonds. The molecule has 0 unspecified atom stereocenters. The molecule has 0 spiro atoms. The summed E-state index contributed by atoms with van der Waals surface area (Å²) in [6.07, 6.45) is 6.10. The third kappa shape index (κ3) is 4.30. The van der Waals surface area contributed by atoms with Gasteiger partial charge in [0.05, 0.1) is 16.1 Å². The summed E-state index contributed by atoms with van der Waals surface area (Å²) < 4.78 is 13.8. The quantitative estimate of drug-likeness (QED) is 0.732. The smallest absolute Gasteiger partial charge is 0.258 e. The molecule has 2 fully saturated rings. The van der Waals surface area contributed by atoms with Crippen LogP contribution in [0.1, 0.15) is 52.8 Å². The van der Waals surface area contributed by atoms with Crippen molar-refractivity contribution >= 4 is 29.1 Å². The van der Waals surface area contributed by atoms with Crippen LogP contribution in [0.5, 0.6) is 0 Å². The highest BCUT2D eigenvalue weighted by atomic mass is 35.5. The van der Waals surface area contributed by atoms with Gasteiger partial charge in [0.2, 0.25) is 0 Å². The molecule has 0 radical (unpaired) electrons. The van der Waals surface area contributed by atoms with E-state index >= 15 is 0 Å². The number of amides is 2. The van der Waals surface area contributed by atoms with Crippen molar-refractivity contribution in [1.29, 1.82) is 0 Å². The van der Waals surface area contributed by atoms with Crippen molar-refractivity contribution in [2.75, 3.05) is 18.4 Å². The summed E-state index contributed by atoms with van der Waals surface area (Å²) in [5.74, 6) is 0.136. The van der Waals surface area contributed by atoms with Crippen molar-refractivity contribution in [2.45, 2.75) is 32.1 Å². The van der Waals surface area contributed by atoms with Crippen molar-refractivity contribution in [3.8, 4) is 0 Å². The molecular formula is C23H24ClFN2O2. The van der Waals surface area contributed by atoms with E-state index in [0.29, 0.717) is 17.2 Å². The number of carbonyl (C=O) groups is 2. The SMILES string of the molecule is O=C(Nc1ccc(C(=O)N2CC[C@H]3CCCC[C@H]3C2)c(Cl)c1)c1ccccc1F. The number of nitrogens with zero attached hydrogens (tertiary/aromatic N) is 1. The van der Waals surface area contributed by atoms with Crippen LogP contribution in [0.3, 0.4) is 0 Å². The Morgan fingerprint density at radius 2 is 1.76 bits per heavy atom. The van der Waals surface area contributed by atoms with Crippen molar-refractivity contribution in [3.05, 3.63) is 64.4 Å². The topological polar surface area (TPSA) is 49.4 Å². The summed E-state index contributed by atoms with van der Waals surface area (Å²) in [5.41, 5.74) is 0.815. The summed E-state index contributed by atoms with van der Waals surface area (Å²) in [5, 5.41) is 2.92. The largest absolute Gasteiger partial charge is 0.338 e. The molecular weight excluding hydrogens is 391 g/mol. The maximum absolute atomic E-state index is 13.8. The Bertz CT molecular complexity index is 933. The highest BCUT2D eigenvalue weighted by Gasteiger charge is 2.33. The number of hydrogen-bond donors (Lipinski definition) is 1. The highest BCUT2D eigenvalue weighted by molar-refractivity contribution is 6.34. The van der Waals surface area contributed by atoms with Crippen LogP contribution in [0, 0.1) is 17.7 Å². The monoisotopic (exact) mass is 414 g/mol. The van der Waals surface area contributed by atoms with Crippen LogP contribution in [0.4, 0.5) is 10.1 Å². The number of fused-ring (bicyclic) bond motifs is 1. The summed E-state index contributed by atoms with van der Waals surface area (Å²) >= 11 is 6.37.